The highest BCUT2D eigenvalue weighted by atomic mass is 19.1. The standard InChI is InChI=1S/C22H17FO2/c1-24-18-12-8-16(9-13-18)22-14-20(15-6-10-17(23)11-7-15)19-4-2-3-5-21(19)25-22/h2-14,20H,1H3. The summed E-state index contributed by atoms with van der Waals surface area (Å²) in [4.78, 5) is 0. The molecule has 3 aromatic carbocycles. The van der Waals surface area contributed by atoms with Crippen molar-refractivity contribution in [3.63, 3.8) is 0 Å². The summed E-state index contributed by atoms with van der Waals surface area (Å²) in [5.74, 6) is 2.20. The van der Waals surface area contributed by atoms with E-state index in [-0.39, 0.29) is 11.7 Å². The number of fused-ring (bicyclic) bond motifs is 1. The third-order valence-electron chi connectivity index (χ3n) is 4.40. The van der Waals surface area contributed by atoms with Crippen molar-refractivity contribution in [2.75, 3.05) is 7.11 Å². The van der Waals surface area contributed by atoms with Crippen LogP contribution in [-0.4, -0.2) is 7.11 Å². The number of hydrogen-bond acceptors (Lipinski definition) is 2. The second-order valence-corrected chi connectivity index (χ2v) is 5.93. The van der Waals surface area contributed by atoms with Gasteiger partial charge in [0, 0.05) is 17.0 Å². The molecule has 0 aromatic heterocycles. The van der Waals surface area contributed by atoms with E-state index in [9.17, 15) is 4.39 Å². The molecule has 0 aliphatic carbocycles. The number of halogens is 1. The van der Waals surface area contributed by atoms with E-state index in [1.54, 1.807) is 7.11 Å². The first-order valence-electron chi connectivity index (χ1n) is 8.13. The van der Waals surface area contributed by atoms with Gasteiger partial charge in [-0.3, -0.25) is 0 Å². The Morgan fingerprint density at radius 2 is 1.60 bits per heavy atom. The van der Waals surface area contributed by atoms with Gasteiger partial charge in [0.25, 0.3) is 0 Å². The van der Waals surface area contributed by atoms with Crippen LogP contribution in [-0.2, 0) is 0 Å². The SMILES string of the molecule is COc1ccc(C2=CC(c3ccc(F)cc3)c3ccccc3O2)cc1. The normalized spacial score (nSPS) is 15.8. The highest BCUT2D eigenvalue weighted by Gasteiger charge is 2.23. The van der Waals surface area contributed by atoms with Gasteiger partial charge in [0.05, 0.1) is 7.11 Å². The van der Waals surface area contributed by atoms with Gasteiger partial charge in [-0.25, -0.2) is 4.39 Å². The largest absolute Gasteiger partial charge is 0.497 e. The molecule has 1 aliphatic rings. The van der Waals surface area contributed by atoms with Crippen LogP contribution in [0.3, 0.4) is 0 Å². The second kappa shape index (κ2) is 6.44. The van der Waals surface area contributed by atoms with Crippen molar-refractivity contribution in [3.05, 3.63) is 101 Å². The summed E-state index contributed by atoms with van der Waals surface area (Å²) in [6.45, 7) is 0. The van der Waals surface area contributed by atoms with E-state index in [0.29, 0.717) is 0 Å². The Bertz CT molecular complexity index is 912. The predicted molar refractivity (Wildman–Crippen MR) is 96.3 cm³/mol. The summed E-state index contributed by atoms with van der Waals surface area (Å²) in [5, 5.41) is 0. The van der Waals surface area contributed by atoms with Crippen molar-refractivity contribution in [2.24, 2.45) is 0 Å². The molecular weight excluding hydrogens is 315 g/mol. The maximum Gasteiger partial charge on any atom is 0.131 e. The van der Waals surface area contributed by atoms with Crippen LogP contribution in [0, 0.1) is 5.82 Å². The molecule has 0 N–H and O–H groups in total. The minimum absolute atomic E-state index is 0.0163. The molecule has 124 valence electrons. The summed E-state index contributed by atoms with van der Waals surface area (Å²) in [6.07, 6.45) is 2.08. The quantitative estimate of drug-likeness (QED) is 0.639. The highest BCUT2D eigenvalue weighted by molar-refractivity contribution is 5.68. The second-order valence-electron chi connectivity index (χ2n) is 5.93. The molecule has 4 rings (SSSR count). The molecule has 0 saturated heterocycles. The van der Waals surface area contributed by atoms with Crippen molar-refractivity contribution >= 4 is 5.76 Å². The Kier molecular flexibility index (Phi) is 3.98. The van der Waals surface area contributed by atoms with Gasteiger partial charge >= 0.3 is 0 Å². The van der Waals surface area contributed by atoms with Crippen LogP contribution in [0.2, 0.25) is 0 Å². The molecule has 0 radical (unpaired) electrons. The van der Waals surface area contributed by atoms with Gasteiger partial charge in [-0.2, -0.15) is 0 Å². The number of ether oxygens (including phenoxy) is 2. The monoisotopic (exact) mass is 332 g/mol. The molecule has 25 heavy (non-hydrogen) atoms. The minimum atomic E-state index is -0.233. The van der Waals surface area contributed by atoms with Crippen LogP contribution in [0.4, 0.5) is 4.39 Å². The molecule has 0 spiro atoms. The lowest BCUT2D eigenvalue weighted by Crippen LogP contribution is -2.10. The lowest BCUT2D eigenvalue weighted by atomic mass is 9.88. The van der Waals surface area contributed by atoms with Gasteiger partial charge in [-0.1, -0.05) is 30.3 Å². The van der Waals surface area contributed by atoms with Gasteiger partial charge < -0.3 is 9.47 Å². The fourth-order valence-corrected chi connectivity index (χ4v) is 3.08. The highest BCUT2D eigenvalue weighted by Crippen LogP contribution is 2.40. The van der Waals surface area contributed by atoms with Crippen molar-refractivity contribution in [3.8, 4) is 11.5 Å². The summed E-state index contributed by atoms with van der Waals surface area (Å²) in [7, 11) is 1.65. The molecule has 3 aromatic rings. The van der Waals surface area contributed by atoms with Crippen molar-refractivity contribution in [2.45, 2.75) is 5.92 Å². The van der Waals surface area contributed by atoms with Crippen LogP contribution in [0.1, 0.15) is 22.6 Å². The molecule has 1 aliphatic heterocycles. The number of hydrogen-bond donors (Lipinski definition) is 0. The van der Waals surface area contributed by atoms with Gasteiger partial charge in [-0.05, 0) is 54.1 Å². The maximum absolute atomic E-state index is 13.3. The van der Waals surface area contributed by atoms with Crippen molar-refractivity contribution in [1.29, 1.82) is 0 Å². The van der Waals surface area contributed by atoms with Crippen LogP contribution in [0.5, 0.6) is 11.5 Å². The smallest absolute Gasteiger partial charge is 0.131 e. The van der Waals surface area contributed by atoms with Gasteiger partial charge in [0.15, 0.2) is 0 Å². The van der Waals surface area contributed by atoms with Crippen LogP contribution < -0.4 is 9.47 Å². The molecule has 0 saturated carbocycles. The van der Waals surface area contributed by atoms with Crippen LogP contribution in [0.15, 0.2) is 78.9 Å². The lowest BCUT2D eigenvalue weighted by Gasteiger charge is -2.25. The van der Waals surface area contributed by atoms with Crippen molar-refractivity contribution < 1.29 is 13.9 Å². The first kappa shape index (κ1) is 15.5. The summed E-state index contributed by atoms with van der Waals surface area (Å²) >= 11 is 0. The summed E-state index contributed by atoms with van der Waals surface area (Å²) in [6, 6.07) is 22.4. The maximum atomic E-state index is 13.3. The molecule has 1 heterocycles. The van der Waals surface area contributed by atoms with E-state index < -0.39 is 0 Å². The zero-order valence-electron chi connectivity index (χ0n) is 13.8. The molecule has 0 amide bonds. The van der Waals surface area contributed by atoms with E-state index in [1.807, 2.05) is 60.7 Å². The van der Waals surface area contributed by atoms with Gasteiger partial charge in [0.2, 0.25) is 0 Å². The van der Waals surface area contributed by atoms with Crippen molar-refractivity contribution in [1.82, 2.24) is 0 Å². The number of allylic oxidation sites excluding steroid dienone is 1. The number of rotatable bonds is 3. The Labute approximate surface area is 146 Å². The van der Waals surface area contributed by atoms with Gasteiger partial charge in [0.1, 0.15) is 23.1 Å². The molecule has 0 bridgehead atoms. The fourth-order valence-electron chi connectivity index (χ4n) is 3.08. The number of methoxy groups -OCH3 is 1. The topological polar surface area (TPSA) is 18.5 Å². The van der Waals surface area contributed by atoms with Crippen LogP contribution in [0.25, 0.3) is 5.76 Å². The summed E-state index contributed by atoms with van der Waals surface area (Å²) < 4.78 is 24.6. The first-order chi connectivity index (χ1) is 12.2. The molecular formula is C22H17FO2. The van der Waals surface area contributed by atoms with Crippen LogP contribution >= 0.6 is 0 Å². The molecule has 2 nitrogen and oxygen atoms in total. The van der Waals surface area contributed by atoms with E-state index in [0.717, 1.165) is 33.9 Å². The van der Waals surface area contributed by atoms with E-state index in [4.69, 9.17) is 9.47 Å². The van der Waals surface area contributed by atoms with Gasteiger partial charge in [-0.15, -0.1) is 0 Å². The fraction of sp³-hybridized carbons (Fsp3) is 0.0909. The van der Waals surface area contributed by atoms with E-state index in [2.05, 4.69) is 6.08 Å². The lowest BCUT2D eigenvalue weighted by molar-refractivity contribution is 0.414. The Hall–Kier alpha value is -3.07. The van der Waals surface area contributed by atoms with E-state index >= 15 is 0 Å². The summed E-state index contributed by atoms with van der Waals surface area (Å²) in [5.41, 5.74) is 3.08. The molecule has 1 atom stereocenters. The zero-order chi connectivity index (χ0) is 17.2. The predicted octanol–water partition coefficient (Wildman–Crippen LogP) is 5.40. The molecule has 0 fully saturated rings. The Morgan fingerprint density at radius 1 is 0.880 bits per heavy atom. The number of para-hydroxylation sites is 1. The zero-order valence-corrected chi connectivity index (χ0v) is 13.8. The molecule has 3 heteroatoms. The third kappa shape index (κ3) is 3.01. The Balaban J connectivity index is 1.79. The Morgan fingerprint density at radius 3 is 2.32 bits per heavy atom. The van der Waals surface area contributed by atoms with E-state index in [1.165, 1.54) is 12.1 Å². The number of benzene rings is 3. The third-order valence-corrected chi connectivity index (χ3v) is 4.40. The molecule has 1 unspecified atom stereocenters. The first-order valence-corrected chi connectivity index (χ1v) is 8.13. The average molecular weight is 332 g/mol. The minimum Gasteiger partial charge on any atom is -0.497 e. The average Bonchev–Trinajstić information content (AvgIpc) is 2.68.